The Bertz CT molecular complexity index is 1090. The number of carboxylic acid groups (broad SMARTS) is 1. The summed E-state index contributed by atoms with van der Waals surface area (Å²) in [5.74, 6) is -0.977. The number of carbonyl (C=O) groups is 1. The molecule has 0 saturated carbocycles. The van der Waals surface area contributed by atoms with Gasteiger partial charge in [-0.25, -0.2) is 4.90 Å². The molecule has 1 aromatic heterocycles. The molecule has 196 valence electrons. The van der Waals surface area contributed by atoms with Gasteiger partial charge in [0.2, 0.25) is 0 Å². The molecule has 0 bridgehead atoms. The minimum atomic E-state index is -3.26. The summed E-state index contributed by atoms with van der Waals surface area (Å²) in [5, 5.41) is 12.1. The minimum absolute atomic E-state index is 0.00381. The maximum atomic E-state index is 15.6. The normalized spacial score (nSPS) is 18.6. The molecule has 0 spiro atoms. The van der Waals surface area contributed by atoms with Gasteiger partial charge in [-0.2, -0.15) is 8.78 Å². The molecule has 0 aliphatic carbocycles. The van der Waals surface area contributed by atoms with Crippen LogP contribution >= 0.6 is 34.9 Å². The van der Waals surface area contributed by atoms with Crippen LogP contribution in [0.2, 0.25) is 0 Å². The summed E-state index contributed by atoms with van der Waals surface area (Å²) in [6, 6.07) is 20.5. The molecule has 37 heavy (non-hydrogen) atoms. The maximum absolute atomic E-state index is 15.6. The Morgan fingerprint density at radius 2 is 1.46 bits per heavy atom. The smallest absolute Gasteiger partial charge is 0.327 e. The SMILES string of the molecule is O=C(O)C1C=CC(F)(F)N(Cc2cccs2)C1(SCCCc1ccccc1)SCCCc1ccccc1. The van der Waals surface area contributed by atoms with Crippen LogP contribution in [0.5, 0.6) is 0 Å². The molecule has 1 atom stereocenters. The van der Waals surface area contributed by atoms with Gasteiger partial charge in [0, 0.05) is 11.4 Å². The van der Waals surface area contributed by atoms with Crippen LogP contribution in [0.15, 0.2) is 90.3 Å². The fourth-order valence-electron chi connectivity index (χ4n) is 4.47. The lowest BCUT2D eigenvalue weighted by atomic mass is 10.0. The van der Waals surface area contributed by atoms with Gasteiger partial charge in [0.05, 0.1) is 0 Å². The molecule has 0 radical (unpaired) electrons. The Balaban J connectivity index is 1.58. The van der Waals surface area contributed by atoms with Crippen LogP contribution in [0.25, 0.3) is 0 Å². The fraction of sp³-hybridized carbons (Fsp3) is 0.345. The van der Waals surface area contributed by atoms with Gasteiger partial charge in [-0.3, -0.25) is 4.79 Å². The number of aryl methyl sites for hydroxylation is 2. The third kappa shape index (κ3) is 7.25. The molecule has 2 aromatic carbocycles. The highest BCUT2D eigenvalue weighted by Gasteiger charge is 2.58. The molecule has 4 rings (SSSR count). The molecule has 1 aliphatic heterocycles. The lowest BCUT2D eigenvalue weighted by Crippen LogP contribution is -2.60. The molecule has 3 nitrogen and oxygen atoms in total. The largest absolute Gasteiger partial charge is 0.481 e. The number of alkyl halides is 2. The number of rotatable bonds is 13. The molecule has 0 fully saturated rings. The second kappa shape index (κ2) is 13.1. The van der Waals surface area contributed by atoms with Crippen molar-refractivity contribution in [1.82, 2.24) is 4.90 Å². The van der Waals surface area contributed by atoms with E-state index in [4.69, 9.17) is 0 Å². The number of aliphatic carboxylic acids is 1. The van der Waals surface area contributed by atoms with E-state index in [2.05, 4.69) is 24.3 Å². The molecule has 3 aromatic rings. The third-order valence-electron chi connectivity index (χ3n) is 6.30. The van der Waals surface area contributed by atoms with E-state index >= 15 is 8.78 Å². The molecule has 8 heteroatoms. The summed E-state index contributed by atoms with van der Waals surface area (Å²) in [5.41, 5.74) is 2.37. The summed E-state index contributed by atoms with van der Waals surface area (Å²) < 4.78 is 29.8. The zero-order valence-corrected chi connectivity index (χ0v) is 22.9. The van der Waals surface area contributed by atoms with Crippen LogP contribution in [0.1, 0.15) is 28.8 Å². The Morgan fingerprint density at radius 3 is 1.95 bits per heavy atom. The Labute approximate surface area is 230 Å². The van der Waals surface area contributed by atoms with E-state index < -0.39 is 22.1 Å². The van der Waals surface area contributed by atoms with Crippen molar-refractivity contribution >= 4 is 40.8 Å². The maximum Gasteiger partial charge on any atom is 0.327 e. The van der Waals surface area contributed by atoms with Crippen LogP contribution < -0.4 is 0 Å². The molecule has 2 heterocycles. The van der Waals surface area contributed by atoms with Crippen molar-refractivity contribution in [2.75, 3.05) is 11.5 Å². The molecule has 1 N–H and O–H groups in total. The zero-order chi connectivity index (χ0) is 26.1. The first-order valence-electron chi connectivity index (χ1n) is 12.4. The quantitative estimate of drug-likeness (QED) is 0.100. The van der Waals surface area contributed by atoms with E-state index in [1.165, 1.54) is 52.1 Å². The lowest BCUT2D eigenvalue weighted by molar-refractivity contribution is -0.156. The van der Waals surface area contributed by atoms with Crippen molar-refractivity contribution in [3.63, 3.8) is 0 Å². The van der Waals surface area contributed by atoms with Crippen molar-refractivity contribution in [2.45, 2.75) is 42.5 Å². The summed E-state index contributed by atoms with van der Waals surface area (Å²) in [6.45, 7) is -0.00381. The average Bonchev–Trinajstić information content (AvgIpc) is 3.41. The third-order valence-corrected chi connectivity index (χ3v) is 10.6. The number of carboxylic acids is 1. The van der Waals surface area contributed by atoms with Gasteiger partial charge < -0.3 is 5.11 Å². The Hall–Kier alpha value is -2.13. The highest BCUT2D eigenvalue weighted by Crippen LogP contribution is 2.54. The summed E-state index contributed by atoms with van der Waals surface area (Å²) in [7, 11) is 0. The topological polar surface area (TPSA) is 40.5 Å². The number of halogens is 2. The molecule has 0 amide bonds. The molecular weight excluding hydrogens is 529 g/mol. The molecule has 1 aliphatic rings. The van der Waals surface area contributed by atoms with E-state index in [-0.39, 0.29) is 6.54 Å². The first-order chi connectivity index (χ1) is 17.9. The van der Waals surface area contributed by atoms with Gasteiger partial charge in [-0.15, -0.1) is 34.9 Å². The number of benzene rings is 2. The van der Waals surface area contributed by atoms with Crippen LogP contribution in [0.3, 0.4) is 0 Å². The predicted octanol–water partition coefficient (Wildman–Crippen LogP) is 7.80. The van der Waals surface area contributed by atoms with Gasteiger partial charge in [0.25, 0.3) is 0 Å². The number of thiophene rings is 1. The standard InChI is InChI=1S/C29H31F2NO2S3/c30-28(31)18-17-26(27(33)34)29(32(28)22-25-16-9-19-35-25,36-20-7-14-23-10-3-1-4-11-23)37-21-8-15-24-12-5-2-6-13-24/h1-6,9-13,16-19,26H,7-8,14-15,20-22H2,(H,33,34). The highest BCUT2D eigenvalue weighted by atomic mass is 32.2. The van der Waals surface area contributed by atoms with E-state index in [0.717, 1.165) is 41.5 Å². The highest BCUT2D eigenvalue weighted by molar-refractivity contribution is 8.18. The Kier molecular flexibility index (Phi) is 9.87. The van der Waals surface area contributed by atoms with E-state index in [1.807, 2.05) is 53.9 Å². The van der Waals surface area contributed by atoms with Crippen molar-refractivity contribution in [1.29, 1.82) is 0 Å². The average molecular weight is 560 g/mol. The van der Waals surface area contributed by atoms with Crippen LogP contribution in [-0.4, -0.2) is 37.7 Å². The molecular formula is C29H31F2NO2S3. The first-order valence-corrected chi connectivity index (χ1v) is 15.2. The molecule has 1 unspecified atom stereocenters. The van der Waals surface area contributed by atoms with E-state index in [1.54, 1.807) is 0 Å². The Morgan fingerprint density at radius 1 is 0.892 bits per heavy atom. The van der Waals surface area contributed by atoms with Gasteiger partial charge in [-0.1, -0.05) is 72.8 Å². The van der Waals surface area contributed by atoms with Crippen molar-refractivity contribution in [3.05, 3.63) is 106 Å². The number of nitrogens with zero attached hydrogens (tertiary/aromatic N) is 1. The van der Waals surface area contributed by atoms with E-state index in [9.17, 15) is 9.90 Å². The van der Waals surface area contributed by atoms with Crippen molar-refractivity contribution in [3.8, 4) is 0 Å². The first kappa shape index (κ1) is 27.9. The number of hydrogen-bond acceptors (Lipinski definition) is 5. The minimum Gasteiger partial charge on any atom is -0.481 e. The monoisotopic (exact) mass is 559 g/mol. The number of hydrogen-bond donors (Lipinski definition) is 1. The predicted molar refractivity (Wildman–Crippen MR) is 152 cm³/mol. The second-order valence-corrected chi connectivity index (χ2v) is 12.9. The lowest BCUT2D eigenvalue weighted by Gasteiger charge is -2.50. The van der Waals surface area contributed by atoms with Crippen LogP contribution in [0.4, 0.5) is 8.78 Å². The summed E-state index contributed by atoms with van der Waals surface area (Å²) in [6.07, 6.45) is 5.16. The number of thioether (sulfide) groups is 2. The zero-order valence-electron chi connectivity index (χ0n) is 20.5. The van der Waals surface area contributed by atoms with E-state index in [0.29, 0.717) is 11.5 Å². The fourth-order valence-corrected chi connectivity index (χ4v) is 8.56. The van der Waals surface area contributed by atoms with Crippen molar-refractivity contribution in [2.24, 2.45) is 5.92 Å². The van der Waals surface area contributed by atoms with Gasteiger partial charge in [-0.05, 0) is 65.8 Å². The van der Waals surface area contributed by atoms with Crippen LogP contribution in [0, 0.1) is 5.92 Å². The van der Waals surface area contributed by atoms with Crippen molar-refractivity contribution < 1.29 is 18.7 Å². The molecule has 0 saturated heterocycles. The summed E-state index contributed by atoms with van der Waals surface area (Å²) in [4.78, 5) is 14.4. The second-order valence-electron chi connectivity index (χ2n) is 8.93. The van der Waals surface area contributed by atoms with Gasteiger partial charge in [0.1, 0.15) is 10.1 Å². The van der Waals surface area contributed by atoms with Gasteiger partial charge >= 0.3 is 12.0 Å². The van der Waals surface area contributed by atoms with Gasteiger partial charge in [0.15, 0.2) is 0 Å². The van der Waals surface area contributed by atoms with Crippen LogP contribution in [-0.2, 0) is 24.2 Å². The summed E-state index contributed by atoms with van der Waals surface area (Å²) >= 11 is 4.13.